The Morgan fingerprint density at radius 2 is 2.00 bits per heavy atom. The van der Waals surface area contributed by atoms with Crippen molar-refractivity contribution in [3.05, 3.63) is 33.8 Å². The summed E-state index contributed by atoms with van der Waals surface area (Å²) in [6.07, 6.45) is 1.11. The van der Waals surface area contributed by atoms with Gasteiger partial charge in [0, 0.05) is 23.3 Å². The van der Waals surface area contributed by atoms with Crippen LogP contribution < -0.4 is 16.8 Å². The quantitative estimate of drug-likeness (QED) is 0.328. The molecule has 0 saturated carbocycles. The molecule has 1 unspecified atom stereocenters. The minimum Gasteiger partial charge on any atom is -0.381 e. The number of halogens is 3. The van der Waals surface area contributed by atoms with Gasteiger partial charge in [0.2, 0.25) is 5.91 Å². The van der Waals surface area contributed by atoms with Gasteiger partial charge in [0.25, 0.3) is 0 Å². The third-order valence-corrected chi connectivity index (χ3v) is 4.88. The van der Waals surface area contributed by atoms with Crippen LogP contribution in [0.3, 0.4) is 0 Å². The molecule has 0 aliphatic carbocycles. The van der Waals surface area contributed by atoms with Crippen LogP contribution >= 0.6 is 47.2 Å². The highest BCUT2D eigenvalue weighted by molar-refractivity contribution is 14.0. The molecule has 2 rings (SSSR count). The molecule has 1 fully saturated rings. The Morgan fingerprint density at radius 3 is 2.56 bits per heavy atom. The van der Waals surface area contributed by atoms with Crippen molar-refractivity contribution in [2.75, 3.05) is 19.8 Å². The van der Waals surface area contributed by atoms with Crippen LogP contribution in [0.1, 0.15) is 31.4 Å². The Balaban J connectivity index is 0.00000312. The van der Waals surface area contributed by atoms with Crippen molar-refractivity contribution in [1.82, 2.24) is 5.32 Å². The van der Waals surface area contributed by atoms with E-state index in [1.807, 2.05) is 13.0 Å². The zero-order valence-electron chi connectivity index (χ0n) is 13.9. The van der Waals surface area contributed by atoms with Gasteiger partial charge < -0.3 is 21.5 Å². The van der Waals surface area contributed by atoms with E-state index in [0.717, 1.165) is 5.56 Å². The van der Waals surface area contributed by atoms with E-state index >= 15 is 0 Å². The van der Waals surface area contributed by atoms with Crippen molar-refractivity contribution in [1.29, 1.82) is 0 Å². The minimum atomic E-state index is -0.689. The number of nitrogens with one attached hydrogen (secondary N) is 1. The Kier molecular flexibility index (Phi) is 8.73. The summed E-state index contributed by atoms with van der Waals surface area (Å²) in [5.74, 6) is -0.128. The number of aliphatic imine (C=N–C) groups is 1. The molecule has 1 amide bonds. The highest BCUT2D eigenvalue weighted by atomic mass is 127. The van der Waals surface area contributed by atoms with Crippen molar-refractivity contribution >= 4 is 59.0 Å². The molecule has 140 valence electrons. The number of nitrogens with zero attached hydrogens (tertiary/aromatic N) is 1. The zero-order chi connectivity index (χ0) is 17.7. The third-order valence-electron chi connectivity index (χ3n) is 4.32. The fourth-order valence-corrected chi connectivity index (χ4v) is 3.25. The second-order valence-corrected chi connectivity index (χ2v) is 6.83. The number of carbonyl (C=O) groups excluding carboxylic acids is 1. The molecule has 1 aliphatic heterocycles. The molecule has 0 radical (unpaired) electrons. The van der Waals surface area contributed by atoms with Gasteiger partial charge in [0.15, 0.2) is 5.96 Å². The molecule has 5 N–H and O–H groups in total. The van der Waals surface area contributed by atoms with Gasteiger partial charge >= 0.3 is 0 Å². The summed E-state index contributed by atoms with van der Waals surface area (Å²) in [4.78, 5) is 16.1. The highest BCUT2D eigenvalue weighted by Crippen LogP contribution is 2.30. The van der Waals surface area contributed by atoms with E-state index in [9.17, 15) is 4.79 Å². The molecule has 0 aromatic heterocycles. The van der Waals surface area contributed by atoms with Gasteiger partial charge in [-0.1, -0.05) is 29.3 Å². The molecule has 6 nitrogen and oxygen atoms in total. The number of ether oxygens (including phenoxy) is 1. The first kappa shape index (κ1) is 22.3. The molecule has 25 heavy (non-hydrogen) atoms. The Morgan fingerprint density at radius 1 is 1.36 bits per heavy atom. The van der Waals surface area contributed by atoms with Gasteiger partial charge in [-0.05, 0) is 37.5 Å². The molecule has 9 heteroatoms. The lowest BCUT2D eigenvalue weighted by atomic mass is 9.79. The number of hydrogen-bond acceptors (Lipinski definition) is 3. The normalized spacial score (nSPS) is 18.1. The van der Waals surface area contributed by atoms with Gasteiger partial charge in [-0.15, -0.1) is 24.0 Å². The standard InChI is InChI=1S/C16H22Cl2N4O2.HI/c1-10(12-3-2-11(17)8-13(12)18)22-15(20)21-9-16(14(19)23)4-6-24-7-5-16;/h2-3,8,10H,4-7,9H2,1H3,(H2,19,23)(H3,20,21,22);1H. The third kappa shape index (κ3) is 5.87. The number of primary amides is 1. The first-order valence-electron chi connectivity index (χ1n) is 7.73. The van der Waals surface area contributed by atoms with Crippen LogP contribution in [-0.4, -0.2) is 31.6 Å². The molecule has 1 aliphatic rings. The summed E-state index contributed by atoms with van der Waals surface area (Å²) in [5.41, 5.74) is 11.7. The summed E-state index contributed by atoms with van der Waals surface area (Å²) >= 11 is 12.1. The summed E-state index contributed by atoms with van der Waals surface area (Å²) in [5, 5.41) is 4.19. The Labute approximate surface area is 174 Å². The van der Waals surface area contributed by atoms with Crippen molar-refractivity contribution in [3.8, 4) is 0 Å². The van der Waals surface area contributed by atoms with E-state index in [-0.39, 0.29) is 48.4 Å². The molecule has 1 atom stereocenters. The number of carbonyl (C=O) groups is 1. The SMILES string of the molecule is CC(NC(N)=NCC1(C(N)=O)CCOCC1)c1ccc(Cl)cc1Cl.I. The van der Waals surface area contributed by atoms with Crippen LogP contribution in [0.25, 0.3) is 0 Å². The lowest BCUT2D eigenvalue weighted by Crippen LogP contribution is -2.45. The highest BCUT2D eigenvalue weighted by Gasteiger charge is 2.38. The number of nitrogens with two attached hydrogens (primary N) is 2. The molecular weight excluding hydrogens is 478 g/mol. The van der Waals surface area contributed by atoms with Crippen LogP contribution in [0.15, 0.2) is 23.2 Å². The maximum atomic E-state index is 11.8. The Hall–Kier alpha value is -0.770. The first-order chi connectivity index (χ1) is 11.3. The fourth-order valence-electron chi connectivity index (χ4n) is 2.68. The van der Waals surface area contributed by atoms with Crippen LogP contribution in [-0.2, 0) is 9.53 Å². The van der Waals surface area contributed by atoms with Gasteiger partial charge in [-0.3, -0.25) is 9.79 Å². The number of rotatable bonds is 5. The van der Waals surface area contributed by atoms with E-state index < -0.39 is 5.41 Å². The molecule has 1 heterocycles. The van der Waals surface area contributed by atoms with E-state index in [0.29, 0.717) is 36.1 Å². The second-order valence-electron chi connectivity index (χ2n) is 5.99. The largest absolute Gasteiger partial charge is 0.381 e. The monoisotopic (exact) mass is 500 g/mol. The van der Waals surface area contributed by atoms with Gasteiger partial charge in [-0.25, -0.2) is 0 Å². The molecule has 0 spiro atoms. The second kappa shape index (κ2) is 9.80. The maximum Gasteiger partial charge on any atom is 0.225 e. The molecule has 1 aromatic carbocycles. The summed E-state index contributed by atoms with van der Waals surface area (Å²) in [6.45, 7) is 3.16. The zero-order valence-corrected chi connectivity index (χ0v) is 17.8. The maximum absolute atomic E-state index is 11.8. The van der Waals surface area contributed by atoms with Crippen molar-refractivity contribution < 1.29 is 9.53 Å². The van der Waals surface area contributed by atoms with Crippen LogP contribution in [0.4, 0.5) is 0 Å². The summed E-state index contributed by atoms with van der Waals surface area (Å²) in [6, 6.07) is 5.11. The smallest absolute Gasteiger partial charge is 0.225 e. The predicted molar refractivity (Wildman–Crippen MR) is 112 cm³/mol. The van der Waals surface area contributed by atoms with Crippen LogP contribution in [0.5, 0.6) is 0 Å². The summed E-state index contributed by atoms with van der Waals surface area (Å²) in [7, 11) is 0. The van der Waals surface area contributed by atoms with Gasteiger partial charge in [-0.2, -0.15) is 0 Å². The molecule has 1 aromatic rings. The van der Waals surface area contributed by atoms with E-state index in [2.05, 4.69) is 10.3 Å². The first-order valence-corrected chi connectivity index (χ1v) is 8.49. The molecule has 1 saturated heterocycles. The summed E-state index contributed by atoms with van der Waals surface area (Å²) < 4.78 is 5.30. The topological polar surface area (TPSA) is 103 Å². The number of amides is 1. The minimum absolute atomic E-state index is 0. The van der Waals surface area contributed by atoms with Crippen LogP contribution in [0, 0.1) is 5.41 Å². The average Bonchev–Trinajstić information content (AvgIpc) is 2.53. The van der Waals surface area contributed by atoms with E-state index in [1.165, 1.54) is 0 Å². The predicted octanol–water partition coefficient (Wildman–Crippen LogP) is 2.86. The van der Waals surface area contributed by atoms with Crippen molar-refractivity contribution in [2.24, 2.45) is 21.9 Å². The number of guanidine groups is 1. The number of hydrogen-bond donors (Lipinski definition) is 3. The van der Waals surface area contributed by atoms with Crippen molar-refractivity contribution in [2.45, 2.75) is 25.8 Å². The lowest BCUT2D eigenvalue weighted by Gasteiger charge is -2.32. The number of benzene rings is 1. The van der Waals surface area contributed by atoms with Crippen molar-refractivity contribution in [3.63, 3.8) is 0 Å². The van der Waals surface area contributed by atoms with E-state index in [4.69, 9.17) is 39.4 Å². The lowest BCUT2D eigenvalue weighted by molar-refractivity contribution is -0.132. The fraction of sp³-hybridized carbons (Fsp3) is 0.500. The molecule has 0 bridgehead atoms. The van der Waals surface area contributed by atoms with Crippen LogP contribution in [0.2, 0.25) is 10.0 Å². The van der Waals surface area contributed by atoms with E-state index in [1.54, 1.807) is 12.1 Å². The average molecular weight is 501 g/mol. The Bertz CT molecular complexity index is 637. The van der Waals surface area contributed by atoms with Gasteiger partial charge in [0.1, 0.15) is 0 Å². The molecular formula is C16H23Cl2IN4O2. The van der Waals surface area contributed by atoms with Gasteiger partial charge in [0.05, 0.1) is 18.0 Å².